The lowest BCUT2D eigenvalue weighted by atomic mass is 10.2. The summed E-state index contributed by atoms with van der Waals surface area (Å²) in [6.45, 7) is 0.761. The second kappa shape index (κ2) is 7.88. The molecule has 0 saturated carbocycles. The Morgan fingerprint density at radius 1 is 1.07 bits per heavy atom. The summed E-state index contributed by atoms with van der Waals surface area (Å²) in [4.78, 5) is 0.111. The summed E-state index contributed by atoms with van der Waals surface area (Å²) in [6, 6.07) is 6.72. The first kappa shape index (κ1) is 20.3. The van der Waals surface area contributed by atoms with Crippen LogP contribution in [0.15, 0.2) is 41.6 Å². The maximum Gasteiger partial charge on any atom is 0.246 e. The van der Waals surface area contributed by atoms with Gasteiger partial charge in [0.2, 0.25) is 20.0 Å². The first-order chi connectivity index (χ1) is 12.7. The molecule has 0 unspecified atom stereocenters. The summed E-state index contributed by atoms with van der Waals surface area (Å²) >= 11 is 5.93. The molecular weight excluding hydrogens is 412 g/mol. The van der Waals surface area contributed by atoms with Gasteiger partial charge in [-0.1, -0.05) is 23.7 Å². The Hall–Kier alpha value is -1.46. The topological polar surface area (TPSA) is 92.6 Å². The van der Waals surface area contributed by atoms with Crippen molar-refractivity contribution in [2.24, 2.45) is 7.05 Å². The van der Waals surface area contributed by atoms with E-state index in [4.69, 9.17) is 11.6 Å². The number of aryl methyl sites for hydroxylation is 1. The Morgan fingerprint density at radius 3 is 2.44 bits per heavy atom. The van der Waals surface area contributed by atoms with Crippen molar-refractivity contribution < 1.29 is 16.8 Å². The van der Waals surface area contributed by atoms with Crippen LogP contribution in [-0.4, -0.2) is 61.4 Å². The Bertz CT molecular complexity index is 1020. The Balaban J connectivity index is 1.72. The summed E-state index contributed by atoms with van der Waals surface area (Å²) in [7, 11) is -5.61. The molecule has 2 heterocycles. The zero-order valence-electron chi connectivity index (χ0n) is 14.8. The first-order valence-electron chi connectivity index (χ1n) is 8.39. The number of aromatic nitrogens is 2. The molecule has 27 heavy (non-hydrogen) atoms. The molecule has 2 aromatic rings. The van der Waals surface area contributed by atoms with Gasteiger partial charge in [-0.05, 0) is 24.1 Å². The van der Waals surface area contributed by atoms with E-state index in [1.54, 1.807) is 31.3 Å². The lowest BCUT2D eigenvalue weighted by Gasteiger charge is -2.21. The fourth-order valence-electron chi connectivity index (χ4n) is 3.00. The molecule has 1 fully saturated rings. The van der Waals surface area contributed by atoms with Gasteiger partial charge in [0.15, 0.2) is 0 Å². The van der Waals surface area contributed by atoms with Crippen LogP contribution in [0.25, 0.3) is 0 Å². The molecule has 0 radical (unpaired) electrons. The molecule has 0 aliphatic carbocycles. The fourth-order valence-corrected chi connectivity index (χ4v) is 6.22. The minimum absolute atomic E-state index is 0.103. The quantitative estimate of drug-likeness (QED) is 0.710. The number of rotatable bonds is 5. The van der Waals surface area contributed by atoms with E-state index < -0.39 is 20.0 Å². The lowest BCUT2D eigenvalue weighted by Crippen LogP contribution is -2.37. The van der Waals surface area contributed by atoms with Crippen molar-refractivity contribution in [1.29, 1.82) is 0 Å². The molecule has 1 aliphatic heterocycles. The zero-order valence-corrected chi connectivity index (χ0v) is 17.2. The summed E-state index contributed by atoms with van der Waals surface area (Å²) < 4.78 is 55.1. The molecule has 148 valence electrons. The van der Waals surface area contributed by atoms with Crippen LogP contribution in [0.4, 0.5) is 0 Å². The van der Waals surface area contributed by atoms with Gasteiger partial charge in [-0.25, -0.2) is 21.1 Å². The molecule has 0 spiro atoms. The van der Waals surface area contributed by atoms with Crippen LogP contribution in [0.3, 0.4) is 0 Å². The third-order valence-corrected chi connectivity index (χ3v) is 8.30. The monoisotopic (exact) mass is 432 g/mol. The highest BCUT2D eigenvalue weighted by Gasteiger charge is 2.31. The molecule has 11 heteroatoms. The average molecular weight is 433 g/mol. The molecule has 1 aliphatic rings. The van der Waals surface area contributed by atoms with E-state index in [1.807, 2.05) is 0 Å². The molecule has 8 nitrogen and oxygen atoms in total. The normalized spacial score (nSPS) is 17.7. The summed E-state index contributed by atoms with van der Waals surface area (Å²) in [6.07, 6.45) is 3.16. The smallest absolute Gasteiger partial charge is 0.246 e. The van der Waals surface area contributed by atoms with Crippen molar-refractivity contribution >= 4 is 31.6 Å². The van der Waals surface area contributed by atoms with Gasteiger partial charge < -0.3 is 0 Å². The summed E-state index contributed by atoms with van der Waals surface area (Å²) in [5.41, 5.74) is 0.603. The third kappa shape index (κ3) is 4.69. The highest BCUT2D eigenvalue weighted by atomic mass is 35.5. The number of hydrogen-bond donors (Lipinski definition) is 0. The minimum Gasteiger partial charge on any atom is -0.274 e. The molecule has 1 aromatic carbocycles. The lowest BCUT2D eigenvalue weighted by molar-refractivity contribution is 0.404. The van der Waals surface area contributed by atoms with Crippen LogP contribution in [0, 0.1) is 0 Å². The molecule has 3 rings (SSSR count). The van der Waals surface area contributed by atoms with Crippen molar-refractivity contribution in [3.05, 3.63) is 47.2 Å². The van der Waals surface area contributed by atoms with Crippen LogP contribution >= 0.6 is 11.6 Å². The predicted molar refractivity (Wildman–Crippen MR) is 102 cm³/mol. The highest BCUT2D eigenvalue weighted by molar-refractivity contribution is 7.89. The van der Waals surface area contributed by atoms with Crippen molar-refractivity contribution in [2.45, 2.75) is 17.1 Å². The number of nitrogens with zero attached hydrogens (tertiary/aromatic N) is 4. The molecule has 0 atom stereocenters. The molecular formula is C16H21ClN4O4S2. The van der Waals surface area contributed by atoms with Gasteiger partial charge in [0.25, 0.3) is 0 Å². The van der Waals surface area contributed by atoms with Gasteiger partial charge in [-0.3, -0.25) is 4.68 Å². The van der Waals surface area contributed by atoms with Crippen LogP contribution in [0.1, 0.15) is 12.0 Å². The Labute approximate surface area is 164 Å². The molecule has 1 aromatic heterocycles. The van der Waals surface area contributed by atoms with Crippen LogP contribution in [0.5, 0.6) is 0 Å². The number of sulfonamides is 2. The van der Waals surface area contributed by atoms with E-state index in [0.717, 1.165) is 0 Å². The van der Waals surface area contributed by atoms with Crippen molar-refractivity contribution in [3.8, 4) is 0 Å². The number of halogens is 1. The average Bonchev–Trinajstić information content (AvgIpc) is 2.87. The Kier molecular flexibility index (Phi) is 5.92. The van der Waals surface area contributed by atoms with Crippen LogP contribution in [0.2, 0.25) is 5.02 Å². The summed E-state index contributed by atoms with van der Waals surface area (Å²) in [5.74, 6) is -0.164. The van der Waals surface area contributed by atoms with E-state index >= 15 is 0 Å². The van der Waals surface area contributed by atoms with Crippen LogP contribution < -0.4 is 0 Å². The molecule has 0 N–H and O–H groups in total. The van der Waals surface area contributed by atoms with E-state index in [1.165, 1.54) is 25.7 Å². The molecule has 0 amide bonds. The largest absolute Gasteiger partial charge is 0.274 e. The van der Waals surface area contributed by atoms with Gasteiger partial charge >= 0.3 is 0 Å². The minimum atomic E-state index is -3.69. The maximum atomic E-state index is 12.8. The van der Waals surface area contributed by atoms with Gasteiger partial charge in [0, 0.05) is 44.4 Å². The standard InChI is InChI=1S/C16H21ClN4O4S2/c1-19-12-16(11-18-19)27(24,25)21-7-3-6-20(8-9-21)26(22,23)13-14-4-2-5-15(17)10-14/h2,4-5,10-12H,3,6-9,13H2,1H3. The number of benzene rings is 1. The second-order valence-electron chi connectivity index (χ2n) is 6.39. The second-order valence-corrected chi connectivity index (χ2v) is 10.7. The maximum absolute atomic E-state index is 12.8. The fraction of sp³-hybridized carbons (Fsp3) is 0.438. The van der Waals surface area contributed by atoms with Crippen molar-refractivity contribution in [2.75, 3.05) is 26.2 Å². The van der Waals surface area contributed by atoms with E-state index in [2.05, 4.69) is 5.10 Å². The SMILES string of the molecule is Cn1cc(S(=O)(=O)N2CCCN(S(=O)(=O)Cc3cccc(Cl)c3)CC2)cn1. The van der Waals surface area contributed by atoms with Crippen LogP contribution in [-0.2, 0) is 32.8 Å². The van der Waals surface area contributed by atoms with E-state index in [0.29, 0.717) is 17.0 Å². The van der Waals surface area contributed by atoms with Crippen molar-refractivity contribution in [1.82, 2.24) is 18.4 Å². The third-order valence-electron chi connectivity index (χ3n) is 4.36. The van der Waals surface area contributed by atoms with E-state index in [-0.39, 0.29) is 36.8 Å². The van der Waals surface area contributed by atoms with Gasteiger partial charge in [0.05, 0.1) is 11.9 Å². The van der Waals surface area contributed by atoms with E-state index in [9.17, 15) is 16.8 Å². The number of hydrogen-bond acceptors (Lipinski definition) is 5. The molecule has 1 saturated heterocycles. The summed E-state index contributed by atoms with van der Waals surface area (Å²) in [5, 5.41) is 4.38. The first-order valence-corrected chi connectivity index (χ1v) is 11.8. The molecule has 0 bridgehead atoms. The zero-order chi connectivity index (χ0) is 19.7. The Morgan fingerprint density at radius 2 is 1.78 bits per heavy atom. The van der Waals surface area contributed by atoms with Crippen molar-refractivity contribution in [3.63, 3.8) is 0 Å². The highest BCUT2D eigenvalue weighted by Crippen LogP contribution is 2.20. The van der Waals surface area contributed by atoms with Gasteiger partial charge in [0.1, 0.15) is 4.90 Å². The van der Waals surface area contributed by atoms with Gasteiger partial charge in [-0.15, -0.1) is 0 Å². The predicted octanol–water partition coefficient (Wildman–Crippen LogP) is 1.30. The van der Waals surface area contributed by atoms with Gasteiger partial charge in [-0.2, -0.15) is 9.40 Å².